The first-order valence-electron chi connectivity index (χ1n) is 11.0. The maximum Gasteiger partial charge on any atom is 0.255 e. The largest absolute Gasteiger partial charge is 0.496 e. The van der Waals surface area contributed by atoms with E-state index >= 15 is 0 Å². The zero-order chi connectivity index (χ0) is 24.0. The molecule has 1 aliphatic rings. The fourth-order valence-electron chi connectivity index (χ4n) is 4.07. The third kappa shape index (κ3) is 5.71. The van der Waals surface area contributed by atoms with Gasteiger partial charge in [0.15, 0.2) is 0 Å². The van der Waals surface area contributed by atoms with E-state index in [0.29, 0.717) is 23.4 Å². The van der Waals surface area contributed by atoms with Gasteiger partial charge in [-0.1, -0.05) is 43.2 Å². The molecule has 0 unspecified atom stereocenters. The van der Waals surface area contributed by atoms with Gasteiger partial charge in [-0.25, -0.2) is 0 Å². The van der Waals surface area contributed by atoms with E-state index in [1.165, 1.54) is 7.11 Å². The van der Waals surface area contributed by atoms with Crippen molar-refractivity contribution in [1.82, 2.24) is 5.32 Å². The van der Waals surface area contributed by atoms with Crippen molar-refractivity contribution in [3.8, 4) is 5.75 Å². The molecule has 0 saturated heterocycles. The van der Waals surface area contributed by atoms with Crippen LogP contribution in [0.4, 0.5) is 0 Å². The van der Waals surface area contributed by atoms with E-state index in [2.05, 4.69) is 10.3 Å². The monoisotopic (exact) mass is 449 g/mol. The highest BCUT2D eigenvalue weighted by Crippen LogP contribution is 2.24. The number of benzene rings is 2. The summed E-state index contributed by atoms with van der Waals surface area (Å²) in [5, 5.41) is 2.89. The number of hydrogen-bond donors (Lipinski definition) is 4. The molecule has 0 heterocycles. The Kier molecular flexibility index (Phi) is 7.71. The number of aliphatic imine (C=N–C) groups is 1. The molecule has 1 saturated carbocycles. The maximum atomic E-state index is 12.5. The second-order valence-corrected chi connectivity index (χ2v) is 8.14. The van der Waals surface area contributed by atoms with Gasteiger partial charge in [-0.2, -0.15) is 0 Å². The molecule has 1 aliphatic carbocycles. The molecule has 0 spiro atoms. The third-order valence-electron chi connectivity index (χ3n) is 5.80. The quantitative estimate of drug-likeness (QED) is 0.278. The number of rotatable bonds is 8. The number of amides is 2. The topological polar surface area (TPSA) is 146 Å². The summed E-state index contributed by atoms with van der Waals surface area (Å²) >= 11 is 0. The number of carbonyl (C=O) groups excluding carboxylic acids is 2. The lowest BCUT2D eigenvalue weighted by molar-refractivity contribution is -0.114. The number of primary amides is 1. The fraction of sp³-hybridized carbons (Fsp3) is 0.320. The van der Waals surface area contributed by atoms with Crippen LogP contribution in [0.15, 0.2) is 53.0 Å². The van der Waals surface area contributed by atoms with Crippen molar-refractivity contribution in [2.24, 2.45) is 22.2 Å². The molecule has 2 aromatic carbocycles. The minimum absolute atomic E-state index is 0.0437. The number of amidine groups is 1. The lowest BCUT2D eigenvalue weighted by Gasteiger charge is -2.14. The van der Waals surface area contributed by atoms with E-state index in [1.807, 2.05) is 19.1 Å². The van der Waals surface area contributed by atoms with E-state index in [0.717, 1.165) is 36.8 Å². The second kappa shape index (κ2) is 10.7. The third-order valence-corrected chi connectivity index (χ3v) is 5.80. The number of nitrogens with one attached hydrogen (secondary N) is 1. The number of ether oxygens (including phenoxy) is 1. The number of carbonyl (C=O) groups is 2. The SMILES string of the molecule is COc1ccccc1C(=O)NCc1ccc(C(N)=C(C(N)=O)C(N)=NC2CCCC2)c(C)c1. The Hall–Kier alpha value is -3.81. The van der Waals surface area contributed by atoms with Crippen molar-refractivity contribution in [3.63, 3.8) is 0 Å². The first-order chi connectivity index (χ1) is 15.8. The van der Waals surface area contributed by atoms with Crippen molar-refractivity contribution in [1.29, 1.82) is 0 Å². The highest BCUT2D eigenvalue weighted by atomic mass is 16.5. The number of methoxy groups -OCH3 is 1. The van der Waals surface area contributed by atoms with Crippen LogP contribution in [0, 0.1) is 6.92 Å². The standard InChI is InChI=1S/C25H31N5O3/c1-15-13-16(14-29-25(32)19-9-5-6-10-20(19)33-2)11-12-18(15)22(26)21(24(28)31)23(27)30-17-7-3-4-8-17/h5-6,9-13,17H,3-4,7-8,14,26H2,1-2H3,(H2,27,30)(H2,28,31)(H,29,32). The normalized spacial score (nSPS) is 15.2. The molecule has 0 radical (unpaired) electrons. The van der Waals surface area contributed by atoms with E-state index in [9.17, 15) is 9.59 Å². The molecular formula is C25H31N5O3. The van der Waals surface area contributed by atoms with Gasteiger partial charge in [0.2, 0.25) is 0 Å². The van der Waals surface area contributed by atoms with Crippen LogP contribution >= 0.6 is 0 Å². The number of para-hydroxylation sites is 1. The Morgan fingerprint density at radius 3 is 2.39 bits per heavy atom. The molecular weight excluding hydrogens is 418 g/mol. The van der Waals surface area contributed by atoms with Crippen molar-refractivity contribution >= 4 is 23.3 Å². The smallest absolute Gasteiger partial charge is 0.255 e. The molecule has 8 heteroatoms. The Balaban J connectivity index is 1.79. The number of nitrogens with zero attached hydrogens (tertiary/aromatic N) is 1. The van der Waals surface area contributed by atoms with Crippen molar-refractivity contribution < 1.29 is 14.3 Å². The summed E-state index contributed by atoms with van der Waals surface area (Å²) in [7, 11) is 1.53. The highest BCUT2D eigenvalue weighted by molar-refractivity contribution is 6.24. The number of nitrogens with two attached hydrogens (primary N) is 3. The van der Waals surface area contributed by atoms with Crippen LogP contribution in [-0.2, 0) is 11.3 Å². The maximum absolute atomic E-state index is 12.5. The first kappa shape index (κ1) is 23.8. The molecule has 2 amide bonds. The summed E-state index contributed by atoms with van der Waals surface area (Å²) in [6.07, 6.45) is 4.09. The van der Waals surface area contributed by atoms with Crippen molar-refractivity contribution in [3.05, 3.63) is 70.3 Å². The minimum Gasteiger partial charge on any atom is -0.496 e. The van der Waals surface area contributed by atoms with E-state index < -0.39 is 5.91 Å². The Labute approximate surface area is 193 Å². The molecule has 1 fully saturated rings. The summed E-state index contributed by atoms with van der Waals surface area (Å²) in [6, 6.07) is 12.7. The fourth-order valence-corrected chi connectivity index (χ4v) is 4.07. The molecule has 33 heavy (non-hydrogen) atoms. The van der Waals surface area contributed by atoms with Crippen LogP contribution < -0.4 is 27.3 Å². The summed E-state index contributed by atoms with van der Waals surface area (Å²) in [4.78, 5) is 29.2. The average Bonchev–Trinajstić information content (AvgIpc) is 3.30. The van der Waals surface area contributed by atoms with Gasteiger partial charge in [-0.05, 0) is 43.0 Å². The van der Waals surface area contributed by atoms with Crippen LogP contribution in [0.1, 0.15) is 52.7 Å². The Morgan fingerprint density at radius 1 is 1.06 bits per heavy atom. The van der Waals surface area contributed by atoms with E-state index in [4.69, 9.17) is 21.9 Å². The zero-order valence-corrected chi connectivity index (χ0v) is 19.1. The summed E-state index contributed by atoms with van der Waals surface area (Å²) in [5.41, 5.74) is 21.1. The van der Waals surface area contributed by atoms with Gasteiger partial charge in [0, 0.05) is 12.1 Å². The summed E-state index contributed by atoms with van der Waals surface area (Å²) < 4.78 is 5.24. The summed E-state index contributed by atoms with van der Waals surface area (Å²) in [6.45, 7) is 2.19. The van der Waals surface area contributed by atoms with Crippen LogP contribution in [-0.4, -0.2) is 30.8 Å². The molecule has 0 atom stereocenters. The van der Waals surface area contributed by atoms with Gasteiger partial charge < -0.3 is 27.3 Å². The van der Waals surface area contributed by atoms with Crippen LogP contribution in [0.25, 0.3) is 5.70 Å². The van der Waals surface area contributed by atoms with Gasteiger partial charge in [0.25, 0.3) is 11.8 Å². The van der Waals surface area contributed by atoms with Gasteiger partial charge in [-0.15, -0.1) is 0 Å². The zero-order valence-electron chi connectivity index (χ0n) is 19.1. The van der Waals surface area contributed by atoms with Crippen molar-refractivity contribution in [2.45, 2.75) is 45.2 Å². The van der Waals surface area contributed by atoms with Gasteiger partial charge >= 0.3 is 0 Å². The lowest BCUT2D eigenvalue weighted by atomic mass is 9.98. The molecule has 3 rings (SSSR count). The average molecular weight is 450 g/mol. The van der Waals surface area contributed by atoms with Crippen molar-refractivity contribution in [2.75, 3.05) is 7.11 Å². The number of aryl methyl sites for hydroxylation is 1. The first-order valence-corrected chi connectivity index (χ1v) is 11.0. The van der Waals surface area contributed by atoms with Gasteiger partial charge in [-0.3, -0.25) is 14.6 Å². The van der Waals surface area contributed by atoms with Gasteiger partial charge in [0.1, 0.15) is 17.2 Å². The van der Waals surface area contributed by atoms with E-state index in [-0.39, 0.29) is 29.1 Å². The number of hydrogen-bond acceptors (Lipinski definition) is 5. The molecule has 0 aliphatic heterocycles. The van der Waals surface area contributed by atoms with E-state index in [1.54, 1.807) is 30.3 Å². The molecule has 8 nitrogen and oxygen atoms in total. The van der Waals surface area contributed by atoms with Gasteiger partial charge in [0.05, 0.1) is 24.4 Å². The lowest BCUT2D eigenvalue weighted by Crippen LogP contribution is -2.30. The molecule has 0 aromatic heterocycles. The molecule has 7 N–H and O–H groups in total. The predicted molar refractivity (Wildman–Crippen MR) is 130 cm³/mol. The predicted octanol–water partition coefficient (Wildman–Crippen LogP) is 2.39. The van der Waals surface area contributed by atoms with Crippen LogP contribution in [0.5, 0.6) is 5.75 Å². The van der Waals surface area contributed by atoms with Crippen LogP contribution in [0.2, 0.25) is 0 Å². The highest BCUT2D eigenvalue weighted by Gasteiger charge is 2.21. The molecule has 174 valence electrons. The molecule has 0 bridgehead atoms. The second-order valence-electron chi connectivity index (χ2n) is 8.14. The molecule has 2 aromatic rings. The Morgan fingerprint density at radius 2 is 1.76 bits per heavy atom. The summed E-state index contributed by atoms with van der Waals surface area (Å²) in [5.74, 6) is -0.352. The minimum atomic E-state index is -0.709. The Bertz CT molecular complexity index is 1100. The van der Waals surface area contributed by atoms with Crippen LogP contribution in [0.3, 0.4) is 0 Å².